The number of hydrogen-bond acceptors (Lipinski definition) is 3. The zero-order chi connectivity index (χ0) is 26.0. The molecule has 1 aliphatic carbocycles. The van der Waals surface area contributed by atoms with Crippen molar-refractivity contribution in [2.24, 2.45) is 5.41 Å². The fraction of sp³-hybridized carbons (Fsp3) is 0.276. The highest BCUT2D eigenvalue weighted by Gasteiger charge is 2.42. The highest BCUT2D eigenvalue weighted by molar-refractivity contribution is 6.04. The summed E-state index contributed by atoms with van der Waals surface area (Å²) in [4.78, 5) is 36.9. The van der Waals surface area contributed by atoms with Crippen LogP contribution >= 0.6 is 0 Å². The number of carbonyl (C=O) groups is 3. The summed E-state index contributed by atoms with van der Waals surface area (Å²) in [6.07, 6.45) is 1.34. The number of fused-ring (bicyclic) bond motifs is 1. The van der Waals surface area contributed by atoms with Crippen molar-refractivity contribution in [3.63, 3.8) is 0 Å². The van der Waals surface area contributed by atoms with Gasteiger partial charge in [-0.15, -0.1) is 0 Å². The van der Waals surface area contributed by atoms with E-state index in [1.54, 1.807) is 18.2 Å². The van der Waals surface area contributed by atoms with Gasteiger partial charge in [-0.3, -0.25) is 9.59 Å². The zero-order valence-corrected chi connectivity index (χ0v) is 20.6. The van der Waals surface area contributed by atoms with Crippen LogP contribution in [0.15, 0.2) is 54.6 Å². The number of carboxylic acids is 1. The Morgan fingerprint density at radius 3 is 2.28 bits per heavy atom. The molecule has 0 radical (unpaired) electrons. The first-order valence-electron chi connectivity index (χ1n) is 12.0. The Hall–Kier alpha value is -4.00. The van der Waals surface area contributed by atoms with Gasteiger partial charge >= 0.3 is 12.0 Å². The summed E-state index contributed by atoms with van der Waals surface area (Å²) >= 11 is 0. The summed E-state index contributed by atoms with van der Waals surface area (Å²) < 4.78 is 14.9. The van der Waals surface area contributed by atoms with Gasteiger partial charge in [0.1, 0.15) is 5.82 Å². The number of rotatable bonds is 6. The Balaban J connectivity index is 1.51. The Morgan fingerprint density at radius 1 is 0.972 bits per heavy atom. The molecule has 0 aliphatic heterocycles. The molecule has 7 heteroatoms. The number of anilines is 2. The largest absolute Gasteiger partial charge is 0.481 e. The van der Waals surface area contributed by atoms with Gasteiger partial charge in [-0.1, -0.05) is 37.3 Å². The number of carbonyl (C=O) groups excluding carboxylic acids is 2. The normalized spacial score (nSPS) is 16.8. The Morgan fingerprint density at radius 2 is 1.64 bits per heavy atom. The molecule has 6 nitrogen and oxygen atoms in total. The summed E-state index contributed by atoms with van der Waals surface area (Å²) in [5, 5.41) is 14.6. The molecule has 186 valence electrons. The number of amides is 2. The van der Waals surface area contributed by atoms with Gasteiger partial charge in [0, 0.05) is 16.7 Å². The van der Waals surface area contributed by atoms with Crippen LogP contribution in [0.5, 0.6) is 0 Å². The van der Waals surface area contributed by atoms with E-state index in [1.807, 2.05) is 45.0 Å². The van der Waals surface area contributed by atoms with Gasteiger partial charge in [0.2, 0.25) is 0 Å². The second kappa shape index (κ2) is 9.93. The third-order valence-electron chi connectivity index (χ3n) is 6.90. The first-order valence-corrected chi connectivity index (χ1v) is 12.0. The van der Waals surface area contributed by atoms with Crippen molar-refractivity contribution in [3.05, 3.63) is 82.7 Å². The molecule has 0 heterocycles. The van der Waals surface area contributed by atoms with Gasteiger partial charge in [-0.05, 0) is 85.2 Å². The molecular formula is C29H29FN2O4. The van der Waals surface area contributed by atoms with Crippen molar-refractivity contribution in [2.45, 2.75) is 46.5 Å². The van der Waals surface area contributed by atoms with Gasteiger partial charge in [-0.25, -0.2) is 9.18 Å². The Kier molecular flexibility index (Phi) is 6.93. The third kappa shape index (κ3) is 5.15. The molecular weight excluding hydrogens is 459 g/mol. The smallest absolute Gasteiger partial charge is 0.323 e. The number of ketones is 1. The SMILES string of the molecule is CCC1(CC(=O)O)CCc2cc(-c3ccc(NC(=O)Nc4cc(C)cc(C)c4)c(F)c3)ccc2C1=O. The standard InChI is InChI=1S/C29H29FN2O4/c1-4-29(16-26(33)34)10-9-21-14-19(5-7-23(21)27(29)35)20-6-8-25(24(30)15-20)32-28(36)31-22-12-17(2)11-18(3)13-22/h5-8,11-15H,4,9-10,16H2,1-3H3,(H,33,34)(H2,31,32,36). The van der Waals surface area contributed by atoms with Crippen molar-refractivity contribution in [3.8, 4) is 11.1 Å². The second-order valence-electron chi connectivity index (χ2n) is 9.56. The quantitative estimate of drug-likeness (QED) is 0.357. The molecule has 3 aromatic rings. The lowest BCUT2D eigenvalue weighted by molar-refractivity contribution is -0.139. The van der Waals surface area contributed by atoms with E-state index in [-0.39, 0.29) is 17.9 Å². The van der Waals surface area contributed by atoms with E-state index in [9.17, 15) is 23.9 Å². The summed E-state index contributed by atoms with van der Waals surface area (Å²) in [5.41, 5.74) is 4.55. The lowest BCUT2D eigenvalue weighted by Crippen LogP contribution is -2.37. The minimum absolute atomic E-state index is 0.0511. The summed E-state index contributed by atoms with van der Waals surface area (Å²) in [6, 6.07) is 15.0. The first kappa shape index (κ1) is 25.1. The third-order valence-corrected chi connectivity index (χ3v) is 6.90. The number of urea groups is 1. The van der Waals surface area contributed by atoms with Gasteiger partial charge < -0.3 is 15.7 Å². The molecule has 0 saturated carbocycles. The molecule has 2 amide bonds. The molecule has 1 unspecified atom stereocenters. The number of carboxylic acid groups (broad SMARTS) is 1. The van der Waals surface area contributed by atoms with E-state index in [0.717, 1.165) is 22.3 Å². The second-order valence-corrected chi connectivity index (χ2v) is 9.56. The van der Waals surface area contributed by atoms with E-state index in [2.05, 4.69) is 10.6 Å². The molecule has 3 aromatic carbocycles. The molecule has 3 N–H and O–H groups in total. The number of aryl methyl sites for hydroxylation is 3. The van der Waals surface area contributed by atoms with E-state index in [0.29, 0.717) is 36.1 Å². The maximum absolute atomic E-state index is 14.9. The molecule has 1 atom stereocenters. The Bertz CT molecular complexity index is 1350. The molecule has 0 spiro atoms. The van der Waals surface area contributed by atoms with Crippen LogP contribution in [0.1, 0.15) is 53.2 Å². The van der Waals surface area contributed by atoms with Crippen LogP contribution in [0.3, 0.4) is 0 Å². The van der Waals surface area contributed by atoms with Gasteiger partial charge in [-0.2, -0.15) is 0 Å². The molecule has 0 fully saturated rings. The highest BCUT2D eigenvalue weighted by atomic mass is 19.1. The van der Waals surface area contributed by atoms with Gasteiger partial charge in [0.25, 0.3) is 0 Å². The monoisotopic (exact) mass is 488 g/mol. The molecule has 0 saturated heterocycles. The van der Waals surface area contributed by atoms with Crippen molar-refractivity contribution in [1.82, 2.24) is 0 Å². The van der Waals surface area contributed by atoms with Crippen LogP contribution in [0.2, 0.25) is 0 Å². The maximum atomic E-state index is 14.9. The van der Waals surface area contributed by atoms with Crippen LogP contribution in [0.4, 0.5) is 20.6 Å². The van der Waals surface area contributed by atoms with Crippen LogP contribution in [-0.2, 0) is 11.2 Å². The lowest BCUT2D eigenvalue weighted by Gasteiger charge is -2.35. The van der Waals surface area contributed by atoms with Crippen LogP contribution in [-0.4, -0.2) is 22.9 Å². The van der Waals surface area contributed by atoms with Crippen molar-refractivity contribution in [1.29, 1.82) is 0 Å². The molecule has 1 aliphatic rings. The number of Topliss-reactive ketones (excluding diaryl/α,β-unsaturated/α-hetero) is 1. The zero-order valence-electron chi connectivity index (χ0n) is 20.6. The van der Waals surface area contributed by atoms with E-state index < -0.39 is 23.2 Å². The molecule has 4 rings (SSSR count). The van der Waals surface area contributed by atoms with E-state index >= 15 is 0 Å². The van der Waals surface area contributed by atoms with E-state index in [4.69, 9.17) is 0 Å². The maximum Gasteiger partial charge on any atom is 0.323 e. The average Bonchev–Trinajstić information content (AvgIpc) is 2.81. The highest BCUT2D eigenvalue weighted by Crippen LogP contribution is 2.42. The van der Waals surface area contributed by atoms with Crippen LogP contribution in [0.25, 0.3) is 11.1 Å². The number of aliphatic carboxylic acids is 1. The fourth-order valence-corrected chi connectivity index (χ4v) is 5.02. The number of hydrogen-bond donors (Lipinski definition) is 3. The molecule has 0 aromatic heterocycles. The summed E-state index contributed by atoms with van der Waals surface area (Å²) in [5.74, 6) is -1.69. The fourth-order valence-electron chi connectivity index (χ4n) is 5.02. The van der Waals surface area contributed by atoms with Crippen molar-refractivity contribution < 1.29 is 23.9 Å². The van der Waals surface area contributed by atoms with Crippen molar-refractivity contribution >= 4 is 29.2 Å². The predicted molar refractivity (Wildman–Crippen MR) is 138 cm³/mol. The average molecular weight is 489 g/mol. The van der Waals surface area contributed by atoms with Gasteiger partial charge in [0.05, 0.1) is 12.1 Å². The van der Waals surface area contributed by atoms with Crippen molar-refractivity contribution in [2.75, 3.05) is 10.6 Å². The number of benzene rings is 3. The summed E-state index contributed by atoms with van der Waals surface area (Å²) in [7, 11) is 0. The minimum atomic E-state index is -0.975. The van der Waals surface area contributed by atoms with Gasteiger partial charge in [0.15, 0.2) is 5.78 Å². The number of nitrogens with one attached hydrogen (secondary N) is 2. The number of halogens is 1. The summed E-state index contributed by atoms with van der Waals surface area (Å²) in [6.45, 7) is 5.71. The minimum Gasteiger partial charge on any atom is -0.481 e. The molecule has 0 bridgehead atoms. The topological polar surface area (TPSA) is 95.5 Å². The van der Waals surface area contributed by atoms with Crippen LogP contribution < -0.4 is 10.6 Å². The van der Waals surface area contributed by atoms with Crippen LogP contribution in [0, 0.1) is 25.1 Å². The Labute approximate surface area is 209 Å². The first-order chi connectivity index (χ1) is 17.1. The molecule has 36 heavy (non-hydrogen) atoms. The lowest BCUT2D eigenvalue weighted by atomic mass is 9.67. The van der Waals surface area contributed by atoms with E-state index in [1.165, 1.54) is 12.1 Å². The predicted octanol–water partition coefficient (Wildman–Crippen LogP) is 6.75.